The first-order valence-electron chi connectivity index (χ1n) is 9.92. The summed E-state index contributed by atoms with van der Waals surface area (Å²) in [6.45, 7) is 5.65. The predicted molar refractivity (Wildman–Crippen MR) is 127 cm³/mol. The smallest absolute Gasteiger partial charge is 0.244 e. The van der Waals surface area contributed by atoms with Crippen LogP contribution >= 0.6 is 23.2 Å². The molecule has 0 fully saturated rings. The van der Waals surface area contributed by atoms with Gasteiger partial charge in [0.1, 0.15) is 11.8 Å². The summed E-state index contributed by atoms with van der Waals surface area (Å²) in [6, 6.07) is 8.99. The maximum Gasteiger partial charge on any atom is 0.244 e. The summed E-state index contributed by atoms with van der Waals surface area (Å²) >= 11 is 12.1. The fourth-order valence-electron chi connectivity index (χ4n) is 3.49. The Hall–Kier alpha value is -1.96. The minimum atomic E-state index is -3.77. The van der Waals surface area contributed by atoms with Crippen molar-refractivity contribution in [1.82, 2.24) is 5.32 Å². The number of halogens is 2. The van der Waals surface area contributed by atoms with Crippen LogP contribution in [-0.4, -0.2) is 33.7 Å². The number of benzene rings is 2. The topological polar surface area (TPSA) is 75.7 Å². The first kappa shape index (κ1) is 25.3. The van der Waals surface area contributed by atoms with E-state index in [1.54, 1.807) is 14.0 Å². The van der Waals surface area contributed by atoms with Gasteiger partial charge in [0.2, 0.25) is 15.9 Å². The molecule has 0 heterocycles. The first-order valence-corrected chi connectivity index (χ1v) is 12.5. The predicted octanol–water partition coefficient (Wildman–Crippen LogP) is 5.12. The molecule has 0 aliphatic rings. The number of amides is 1. The number of carbonyl (C=O) groups is 1. The highest BCUT2D eigenvalue weighted by Crippen LogP contribution is 2.31. The molecule has 1 amide bonds. The lowest BCUT2D eigenvalue weighted by Crippen LogP contribution is -2.50. The third-order valence-corrected chi connectivity index (χ3v) is 6.95. The Morgan fingerprint density at radius 1 is 1.10 bits per heavy atom. The van der Waals surface area contributed by atoms with E-state index in [1.165, 1.54) is 18.2 Å². The van der Waals surface area contributed by atoms with Crippen molar-refractivity contribution in [3.05, 3.63) is 57.6 Å². The number of carbonyl (C=O) groups excluding carboxylic acids is 1. The number of hydrogen-bond donors (Lipinski definition) is 1. The summed E-state index contributed by atoms with van der Waals surface area (Å²) in [7, 11) is -2.17. The Kier molecular flexibility index (Phi) is 8.63. The molecule has 0 aliphatic heterocycles. The summed E-state index contributed by atoms with van der Waals surface area (Å²) in [5.74, 6) is 0.374. The van der Waals surface area contributed by atoms with E-state index < -0.39 is 16.1 Å². The van der Waals surface area contributed by atoms with E-state index in [4.69, 9.17) is 27.9 Å². The summed E-state index contributed by atoms with van der Waals surface area (Å²) in [6.07, 6.45) is 1.98. The molecule has 0 aliphatic carbocycles. The Balaban J connectivity index is 2.38. The van der Waals surface area contributed by atoms with Crippen LogP contribution in [-0.2, 0) is 14.8 Å². The molecule has 0 saturated carbocycles. The number of methoxy groups -OCH3 is 1. The molecule has 0 bridgehead atoms. The minimum Gasteiger partial charge on any atom is -0.496 e. The van der Waals surface area contributed by atoms with Gasteiger partial charge in [-0.1, -0.05) is 49.2 Å². The van der Waals surface area contributed by atoms with Gasteiger partial charge in [0.05, 0.1) is 35.1 Å². The van der Waals surface area contributed by atoms with Crippen LogP contribution in [0.25, 0.3) is 0 Å². The zero-order valence-electron chi connectivity index (χ0n) is 18.3. The van der Waals surface area contributed by atoms with Gasteiger partial charge in [-0.05, 0) is 55.2 Å². The van der Waals surface area contributed by atoms with Crippen LogP contribution in [0.2, 0.25) is 10.0 Å². The highest BCUT2D eigenvalue weighted by molar-refractivity contribution is 7.92. The van der Waals surface area contributed by atoms with Crippen LogP contribution in [0.15, 0.2) is 36.4 Å². The Labute approximate surface area is 194 Å². The van der Waals surface area contributed by atoms with E-state index in [0.29, 0.717) is 11.4 Å². The molecule has 2 unspecified atom stereocenters. The number of rotatable bonds is 9. The third kappa shape index (κ3) is 6.05. The van der Waals surface area contributed by atoms with Crippen LogP contribution in [0.1, 0.15) is 43.9 Å². The number of anilines is 1. The van der Waals surface area contributed by atoms with Gasteiger partial charge in [0, 0.05) is 0 Å². The second-order valence-corrected chi connectivity index (χ2v) is 9.95. The fourth-order valence-corrected chi connectivity index (χ4v) is 4.99. The van der Waals surface area contributed by atoms with Crippen LogP contribution in [0.5, 0.6) is 5.75 Å². The average Bonchev–Trinajstić information content (AvgIpc) is 2.71. The molecule has 0 saturated heterocycles. The molecule has 6 nitrogen and oxygen atoms in total. The highest BCUT2D eigenvalue weighted by atomic mass is 35.5. The van der Waals surface area contributed by atoms with Crippen LogP contribution < -0.4 is 14.4 Å². The standard InChI is InChI=1S/C22H28Cl2N2O4S/c1-6-19(15-8-11-21(30-4)14(3)12-15)25-22(27)20(7-2)26(31(5,28)29)16-9-10-17(23)18(24)13-16/h8-13,19-20H,6-7H2,1-5H3,(H,25,27). The van der Waals surface area contributed by atoms with E-state index in [1.807, 2.05) is 32.0 Å². The molecule has 31 heavy (non-hydrogen) atoms. The average molecular weight is 487 g/mol. The van der Waals surface area contributed by atoms with Crippen molar-refractivity contribution >= 4 is 44.8 Å². The summed E-state index contributed by atoms with van der Waals surface area (Å²) in [4.78, 5) is 13.2. The molecule has 2 aromatic carbocycles. The van der Waals surface area contributed by atoms with Gasteiger partial charge < -0.3 is 10.1 Å². The van der Waals surface area contributed by atoms with Gasteiger partial charge in [0.15, 0.2) is 0 Å². The molecule has 0 spiro atoms. The second-order valence-electron chi connectivity index (χ2n) is 7.28. The van der Waals surface area contributed by atoms with Gasteiger partial charge in [-0.2, -0.15) is 0 Å². The molecule has 9 heteroatoms. The quantitative estimate of drug-likeness (QED) is 0.533. The van der Waals surface area contributed by atoms with Crippen molar-refractivity contribution in [2.45, 2.75) is 45.7 Å². The number of ether oxygens (including phenoxy) is 1. The van der Waals surface area contributed by atoms with E-state index >= 15 is 0 Å². The number of nitrogens with zero attached hydrogens (tertiary/aromatic N) is 1. The van der Waals surface area contributed by atoms with Crippen LogP contribution in [0.4, 0.5) is 5.69 Å². The van der Waals surface area contributed by atoms with E-state index in [9.17, 15) is 13.2 Å². The van der Waals surface area contributed by atoms with Crippen LogP contribution in [0, 0.1) is 6.92 Å². The maximum absolute atomic E-state index is 13.2. The number of sulfonamides is 1. The van der Waals surface area contributed by atoms with Crippen molar-refractivity contribution in [3.63, 3.8) is 0 Å². The highest BCUT2D eigenvalue weighted by Gasteiger charge is 2.33. The van der Waals surface area contributed by atoms with E-state index in [-0.39, 0.29) is 29.1 Å². The maximum atomic E-state index is 13.2. The number of hydrogen-bond acceptors (Lipinski definition) is 4. The third-order valence-electron chi connectivity index (χ3n) is 5.03. The van der Waals surface area contributed by atoms with Crippen molar-refractivity contribution in [3.8, 4) is 5.75 Å². The van der Waals surface area contributed by atoms with Crippen LogP contribution in [0.3, 0.4) is 0 Å². The Morgan fingerprint density at radius 2 is 1.77 bits per heavy atom. The fraction of sp³-hybridized carbons (Fsp3) is 0.409. The molecule has 1 N–H and O–H groups in total. The molecule has 2 rings (SSSR count). The molecule has 0 aromatic heterocycles. The van der Waals surface area contributed by atoms with E-state index in [2.05, 4.69) is 5.32 Å². The van der Waals surface area contributed by atoms with Crippen molar-refractivity contribution < 1.29 is 17.9 Å². The summed E-state index contributed by atoms with van der Waals surface area (Å²) < 4.78 is 31.7. The van der Waals surface area contributed by atoms with Gasteiger partial charge in [-0.25, -0.2) is 8.42 Å². The zero-order valence-corrected chi connectivity index (χ0v) is 20.6. The van der Waals surface area contributed by atoms with Gasteiger partial charge >= 0.3 is 0 Å². The lowest BCUT2D eigenvalue weighted by molar-refractivity contribution is -0.123. The first-order chi connectivity index (χ1) is 14.5. The Bertz CT molecular complexity index is 1040. The molecular formula is C22H28Cl2N2O4S. The number of nitrogens with one attached hydrogen (secondary N) is 1. The van der Waals surface area contributed by atoms with Crippen molar-refractivity contribution in [2.75, 3.05) is 17.7 Å². The Morgan fingerprint density at radius 3 is 2.26 bits per heavy atom. The number of aryl methyl sites for hydroxylation is 1. The van der Waals surface area contributed by atoms with Gasteiger partial charge in [-0.15, -0.1) is 0 Å². The molecule has 170 valence electrons. The van der Waals surface area contributed by atoms with E-state index in [0.717, 1.165) is 27.4 Å². The summed E-state index contributed by atoms with van der Waals surface area (Å²) in [5.41, 5.74) is 2.16. The van der Waals surface area contributed by atoms with Gasteiger partial charge in [0.25, 0.3) is 0 Å². The largest absolute Gasteiger partial charge is 0.496 e. The lowest BCUT2D eigenvalue weighted by Gasteiger charge is -2.31. The SMILES string of the molecule is CCC(NC(=O)C(CC)N(c1ccc(Cl)c(Cl)c1)S(C)(=O)=O)c1ccc(OC)c(C)c1. The normalized spacial score (nSPS) is 13.4. The lowest BCUT2D eigenvalue weighted by atomic mass is 10.0. The molecule has 2 atom stereocenters. The monoisotopic (exact) mass is 486 g/mol. The zero-order chi connectivity index (χ0) is 23.3. The molecule has 0 radical (unpaired) electrons. The van der Waals surface area contributed by atoms with Crippen molar-refractivity contribution in [1.29, 1.82) is 0 Å². The second kappa shape index (κ2) is 10.6. The van der Waals surface area contributed by atoms with Gasteiger partial charge in [-0.3, -0.25) is 9.10 Å². The minimum absolute atomic E-state index is 0.211. The molecular weight excluding hydrogens is 459 g/mol. The molecule has 2 aromatic rings. The van der Waals surface area contributed by atoms with Crippen molar-refractivity contribution in [2.24, 2.45) is 0 Å². The summed E-state index contributed by atoms with van der Waals surface area (Å²) in [5, 5.41) is 3.52.